The number of aromatic amines is 1. The summed E-state index contributed by atoms with van der Waals surface area (Å²) >= 11 is 6.21. The molecule has 1 aromatic carbocycles. The molecule has 5 heteroatoms. The van der Waals surface area contributed by atoms with Crippen molar-refractivity contribution in [2.24, 2.45) is 5.73 Å². The summed E-state index contributed by atoms with van der Waals surface area (Å²) in [4.78, 5) is 14.9. The Kier molecular flexibility index (Phi) is 3.80. The lowest BCUT2D eigenvalue weighted by Gasteiger charge is -2.19. The van der Waals surface area contributed by atoms with E-state index in [4.69, 9.17) is 22.1 Å². The number of aromatic nitrogens is 1. The molecule has 20 heavy (non-hydrogen) atoms. The highest BCUT2D eigenvalue weighted by Gasteiger charge is 2.19. The molecule has 0 aliphatic rings. The van der Waals surface area contributed by atoms with Gasteiger partial charge in [0.05, 0.1) is 16.6 Å². The zero-order chi connectivity index (χ0) is 15.1. The number of fused-ring (bicyclic) bond motifs is 1. The Bertz CT molecular complexity index is 699. The normalized spacial score (nSPS) is 12.2. The van der Waals surface area contributed by atoms with Crippen molar-refractivity contribution in [2.75, 3.05) is 0 Å². The van der Waals surface area contributed by atoms with E-state index in [0.717, 1.165) is 5.39 Å². The van der Waals surface area contributed by atoms with Gasteiger partial charge in [-0.1, -0.05) is 11.6 Å². The van der Waals surface area contributed by atoms with Crippen LogP contribution < -0.4 is 16.0 Å². The molecular weight excluding hydrogens is 276 g/mol. The Morgan fingerprint density at radius 2 is 1.95 bits per heavy atom. The number of benzene rings is 1. The molecule has 0 unspecified atom stereocenters. The molecular formula is C15H19ClN2O2. The second-order valence-corrected chi connectivity index (χ2v) is 6.18. The standard InChI is InChI=1S/C15H19ClN2O2/c1-8(2)20-13-7-12-9(6-11(13)16)5-10(14(19)18-12)15(3,4)17/h5-8H,17H2,1-4H3,(H,18,19). The van der Waals surface area contributed by atoms with Crippen LogP contribution in [0.15, 0.2) is 23.0 Å². The molecule has 0 spiro atoms. The first-order chi connectivity index (χ1) is 9.18. The summed E-state index contributed by atoms with van der Waals surface area (Å²) in [5.74, 6) is 0.560. The van der Waals surface area contributed by atoms with Crippen molar-refractivity contribution in [1.82, 2.24) is 4.98 Å². The van der Waals surface area contributed by atoms with Crippen molar-refractivity contribution in [3.63, 3.8) is 0 Å². The molecule has 1 aromatic heterocycles. The van der Waals surface area contributed by atoms with E-state index in [2.05, 4.69) is 4.98 Å². The third-order valence-electron chi connectivity index (χ3n) is 2.95. The number of halogens is 1. The number of hydrogen-bond donors (Lipinski definition) is 2. The Morgan fingerprint density at radius 1 is 1.30 bits per heavy atom. The van der Waals surface area contributed by atoms with Gasteiger partial charge in [0.25, 0.3) is 5.56 Å². The quantitative estimate of drug-likeness (QED) is 0.913. The largest absolute Gasteiger partial charge is 0.489 e. The number of H-pyrrole nitrogens is 1. The minimum absolute atomic E-state index is 0.0129. The lowest BCUT2D eigenvalue weighted by molar-refractivity contribution is 0.243. The minimum Gasteiger partial charge on any atom is -0.489 e. The predicted molar refractivity (Wildman–Crippen MR) is 82.6 cm³/mol. The average Bonchev–Trinajstić information content (AvgIpc) is 2.28. The van der Waals surface area contributed by atoms with Gasteiger partial charge in [0.15, 0.2) is 0 Å². The molecule has 2 aromatic rings. The van der Waals surface area contributed by atoms with Crippen molar-refractivity contribution >= 4 is 22.5 Å². The van der Waals surface area contributed by atoms with E-state index < -0.39 is 5.54 Å². The van der Waals surface area contributed by atoms with Gasteiger partial charge in [0.1, 0.15) is 5.75 Å². The SMILES string of the molecule is CC(C)Oc1cc2[nH]c(=O)c(C(C)(C)N)cc2cc1Cl. The number of pyridine rings is 1. The highest BCUT2D eigenvalue weighted by molar-refractivity contribution is 6.32. The number of nitrogens with two attached hydrogens (primary N) is 1. The van der Waals surface area contributed by atoms with E-state index in [1.54, 1.807) is 32.0 Å². The van der Waals surface area contributed by atoms with Crippen LogP contribution >= 0.6 is 11.6 Å². The van der Waals surface area contributed by atoms with Crippen molar-refractivity contribution in [3.8, 4) is 5.75 Å². The molecule has 0 aliphatic carbocycles. The molecule has 0 bridgehead atoms. The molecule has 0 atom stereocenters. The summed E-state index contributed by atoms with van der Waals surface area (Å²) in [5.41, 5.74) is 6.32. The molecule has 1 heterocycles. The highest BCUT2D eigenvalue weighted by atomic mass is 35.5. The molecule has 0 amide bonds. The van der Waals surface area contributed by atoms with Gasteiger partial charge in [0.2, 0.25) is 0 Å². The molecule has 0 saturated heterocycles. The summed E-state index contributed by atoms with van der Waals surface area (Å²) in [6, 6.07) is 5.30. The summed E-state index contributed by atoms with van der Waals surface area (Å²) < 4.78 is 5.61. The van der Waals surface area contributed by atoms with Crippen molar-refractivity contribution in [3.05, 3.63) is 39.1 Å². The molecule has 0 saturated carbocycles. The Labute approximate surface area is 122 Å². The van der Waals surface area contributed by atoms with Gasteiger partial charge in [-0.25, -0.2) is 0 Å². The Morgan fingerprint density at radius 3 is 2.50 bits per heavy atom. The van der Waals surface area contributed by atoms with Crippen LogP contribution in [0.1, 0.15) is 33.3 Å². The maximum atomic E-state index is 12.1. The van der Waals surface area contributed by atoms with E-state index in [-0.39, 0.29) is 11.7 Å². The lowest BCUT2D eigenvalue weighted by atomic mass is 9.96. The summed E-state index contributed by atoms with van der Waals surface area (Å²) in [6.07, 6.45) is 0.0129. The van der Waals surface area contributed by atoms with Crippen molar-refractivity contribution in [2.45, 2.75) is 39.3 Å². The second kappa shape index (κ2) is 5.11. The van der Waals surface area contributed by atoms with Crippen molar-refractivity contribution < 1.29 is 4.74 Å². The van der Waals surface area contributed by atoms with E-state index in [1.165, 1.54) is 0 Å². The van der Waals surface area contributed by atoms with Gasteiger partial charge < -0.3 is 15.5 Å². The second-order valence-electron chi connectivity index (χ2n) is 5.77. The topological polar surface area (TPSA) is 68.1 Å². The van der Waals surface area contributed by atoms with E-state index >= 15 is 0 Å². The fourth-order valence-corrected chi connectivity index (χ4v) is 2.25. The first-order valence-corrected chi connectivity index (χ1v) is 6.89. The van der Waals surface area contributed by atoms with Crippen LogP contribution in [0.25, 0.3) is 10.9 Å². The zero-order valence-electron chi connectivity index (χ0n) is 12.1. The fourth-order valence-electron chi connectivity index (χ4n) is 2.03. The molecule has 2 rings (SSSR count). The number of hydrogen-bond acceptors (Lipinski definition) is 3. The molecule has 0 radical (unpaired) electrons. The van der Waals surface area contributed by atoms with Gasteiger partial charge in [-0.15, -0.1) is 0 Å². The summed E-state index contributed by atoms with van der Waals surface area (Å²) in [7, 11) is 0. The Balaban J connectivity index is 2.65. The first kappa shape index (κ1) is 14.9. The molecule has 0 aliphatic heterocycles. The zero-order valence-corrected chi connectivity index (χ0v) is 12.8. The fraction of sp³-hybridized carbons (Fsp3) is 0.400. The van der Waals surface area contributed by atoms with Crippen LogP contribution in [0.5, 0.6) is 5.75 Å². The minimum atomic E-state index is -0.707. The Hall–Kier alpha value is -1.52. The predicted octanol–water partition coefficient (Wildman–Crippen LogP) is 3.16. The third-order valence-corrected chi connectivity index (χ3v) is 3.25. The third kappa shape index (κ3) is 2.97. The van der Waals surface area contributed by atoms with Gasteiger partial charge in [-0.2, -0.15) is 0 Å². The molecule has 4 nitrogen and oxygen atoms in total. The number of nitrogens with one attached hydrogen (secondary N) is 1. The monoisotopic (exact) mass is 294 g/mol. The van der Waals surface area contributed by atoms with Crippen molar-refractivity contribution in [1.29, 1.82) is 0 Å². The van der Waals surface area contributed by atoms with Gasteiger partial charge in [-0.05, 0) is 39.8 Å². The number of ether oxygens (including phenoxy) is 1. The lowest BCUT2D eigenvalue weighted by Crippen LogP contribution is -2.35. The van der Waals surface area contributed by atoms with E-state index in [0.29, 0.717) is 21.9 Å². The maximum absolute atomic E-state index is 12.1. The van der Waals surface area contributed by atoms with Gasteiger partial charge >= 0.3 is 0 Å². The molecule has 3 N–H and O–H groups in total. The van der Waals surface area contributed by atoms with Crippen LogP contribution in [-0.4, -0.2) is 11.1 Å². The van der Waals surface area contributed by atoms with Crippen LogP contribution in [0.3, 0.4) is 0 Å². The first-order valence-electron chi connectivity index (χ1n) is 6.51. The highest BCUT2D eigenvalue weighted by Crippen LogP contribution is 2.30. The van der Waals surface area contributed by atoms with Gasteiger partial charge in [0, 0.05) is 22.6 Å². The maximum Gasteiger partial charge on any atom is 0.253 e. The van der Waals surface area contributed by atoms with Crippen LogP contribution in [0.4, 0.5) is 0 Å². The van der Waals surface area contributed by atoms with E-state index in [9.17, 15) is 4.79 Å². The van der Waals surface area contributed by atoms with E-state index in [1.807, 2.05) is 13.8 Å². The van der Waals surface area contributed by atoms with Crippen LogP contribution in [-0.2, 0) is 5.54 Å². The summed E-state index contributed by atoms with van der Waals surface area (Å²) in [5, 5.41) is 1.35. The molecule has 108 valence electrons. The number of rotatable bonds is 3. The summed E-state index contributed by atoms with van der Waals surface area (Å²) in [6.45, 7) is 7.43. The molecule has 0 fully saturated rings. The van der Waals surface area contributed by atoms with Crippen LogP contribution in [0, 0.1) is 0 Å². The van der Waals surface area contributed by atoms with Gasteiger partial charge in [-0.3, -0.25) is 4.79 Å². The average molecular weight is 295 g/mol. The van der Waals surface area contributed by atoms with Crippen LogP contribution in [0.2, 0.25) is 5.02 Å². The smallest absolute Gasteiger partial charge is 0.253 e.